The predicted molar refractivity (Wildman–Crippen MR) is 99.6 cm³/mol. The molecule has 0 atom stereocenters. The molecule has 3 heterocycles. The molecule has 0 aromatic carbocycles. The molecule has 0 radical (unpaired) electrons. The monoisotopic (exact) mass is 346 g/mol. The molecule has 1 fully saturated rings. The van der Waals surface area contributed by atoms with Crippen LogP contribution in [0.2, 0.25) is 0 Å². The Morgan fingerprint density at radius 3 is 2.77 bits per heavy atom. The summed E-state index contributed by atoms with van der Waals surface area (Å²) in [5.74, 6) is 7.58. The van der Waals surface area contributed by atoms with Crippen LogP contribution in [0.15, 0.2) is 30.7 Å². The summed E-state index contributed by atoms with van der Waals surface area (Å²) in [7, 11) is 3.66. The van der Waals surface area contributed by atoms with Gasteiger partial charge < -0.3 is 10.6 Å². The van der Waals surface area contributed by atoms with Crippen LogP contribution in [0, 0.1) is 17.8 Å². The van der Waals surface area contributed by atoms with Crippen LogP contribution in [-0.2, 0) is 11.8 Å². The molecule has 3 aromatic heterocycles. The minimum absolute atomic E-state index is 0.0286. The second-order valence-corrected chi connectivity index (χ2v) is 6.27. The molecule has 4 rings (SSSR count). The maximum absolute atomic E-state index is 12.0. The van der Waals surface area contributed by atoms with Crippen molar-refractivity contribution < 1.29 is 4.79 Å². The van der Waals surface area contributed by atoms with Gasteiger partial charge in [-0.2, -0.15) is 5.10 Å². The second-order valence-electron chi connectivity index (χ2n) is 6.27. The number of hydrogen-bond acceptors (Lipinski definition) is 5. The van der Waals surface area contributed by atoms with Crippen LogP contribution < -0.4 is 10.6 Å². The molecule has 0 unspecified atom stereocenters. The average Bonchev–Trinajstić information content (AvgIpc) is 3.42. The van der Waals surface area contributed by atoms with E-state index in [1.54, 1.807) is 17.1 Å². The third-order valence-corrected chi connectivity index (χ3v) is 4.25. The molecule has 0 spiro atoms. The molecule has 26 heavy (non-hydrogen) atoms. The summed E-state index contributed by atoms with van der Waals surface area (Å²) < 4.78 is 1.71. The van der Waals surface area contributed by atoms with Crippen molar-refractivity contribution in [1.29, 1.82) is 0 Å². The molecule has 0 saturated heterocycles. The summed E-state index contributed by atoms with van der Waals surface area (Å²) in [5, 5.41) is 11.9. The van der Waals surface area contributed by atoms with Crippen LogP contribution >= 0.6 is 0 Å². The number of carbonyl (C=O) groups excluding carboxylic acids is 1. The molecular weight excluding hydrogens is 328 g/mol. The number of pyridine rings is 2. The summed E-state index contributed by atoms with van der Waals surface area (Å²) in [6.07, 6.45) is 7.18. The molecule has 7 nitrogen and oxygen atoms in total. The molecule has 0 bridgehead atoms. The van der Waals surface area contributed by atoms with Gasteiger partial charge >= 0.3 is 0 Å². The molecule has 3 aromatic rings. The lowest BCUT2D eigenvalue weighted by Gasteiger charge is -2.09. The van der Waals surface area contributed by atoms with Crippen LogP contribution in [0.4, 0.5) is 11.6 Å². The highest BCUT2D eigenvalue weighted by atomic mass is 16.2. The van der Waals surface area contributed by atoms with Crippen LogP contribution in [0.3, 0.4) is 0 Å². The van der Waals surface area contributed by atoms with Crippen LogP contribution in [0.25, 0.3) is 10.8 Å². The normalized spacial score (nSPS) is 13.2. The lowest BCUT2D eigenvalue weighted by molar-refractivity contribution is -0.117. The largest absolute Gasteiger partial charge is 0.373 e. The number of aromatic nitrogens is 4. The van der Waals surface area contributed by atoms with Crippen molar-refractivity contribution in [1.82, 2.24) is 19.7 Å². The molecule has 2 N–H and O–H groups in total. The number of rotatable bonds is 3. The SMILES string of the molecule is CNc1ncc(C#Cc2ccn(C)n2)c2cc(NC(=O)C3CC3)ncc12. The number of hydrogen-bond donors (Lipinski definition) is 2. The fourth-order valence-corrected chi connectivity index (χ4v) is 2.69. The van der Waals surface area contributed by atoms with Crippen LogP contribution in [0.1, 0.15) is 24.1 Å². The number of anilines is 2. The van der Waals surface area contributed by atoms with Gasteiger partial charge in [-0.3, -0.25) is 9.48 Å². The molecule has 1 aliphatic rings. The molecule has 1 saturated carbocycles. The Hall–Kier alpha value is -3.40. The summed E-state index contributed by atoms with van der Waals surface area (Å²) in [6, 6.07) is 3.70. The van der Waals surface area contributed by atoms with Crippen molar-refractivity contribution in [2.75, 3.05) is 17.7 Å². The van der Waals surface area contributed by atoms with Gasteiger partial charge in [-0.25, -0.2) is 9.97 Å². The van der Waals surface area contributed by atoms with E-state index in [1.165, 1.54) is 0 Å². The molecule has 1 aliphatic carbocycles. The minimum Gasteiger partial charge on any atom is -0.373 e. The Kier molecular flexibility index (Phi) is 4.01. The number of carbonyl (C=O) groups is 1. The molecule has 7 heteroatoms. The Morgan fingerprint density at radius 1 is 1.23 bits per heavy atom. The zero-order valence-electron chi connectivity index (χ0n) is 14.6. The Bertz CT molecular complexity index is 1050. The lowest BCUT2D eigenvalue weighted by Crippen LogP contribution is -2.14. The van der Waals surface area contributed by atoms with E-state index in [2.05, 4.69) is 37.5 Å². The van der Waals surface area contributed by atoms with Crippen LogP contribution in [0.5, 0.6) is 0 Å². The highest BCUT2D eigenvalue weighted by Gasteiger charge is 2.29. The van der Waals surface area contributed by atoms with E-state index in [0.29, 0.717) is 11.5 Å². The summed E-state index contributed by atoms with van der Waals surface area (Å²) in [4.78, 5) is 20.8. The first kappa shape index (κ1) is 16.1. The van der Waals surface area contributed by atoms with Gasteiger partial charge in [0.05, 0.1) is 5.56 Å². The highest BCUT2D eigenvalue weighted by molar-refractivity contribution is 5.99. The first-order valence-corrected chi connectivity index (χ1v) is 8.43. The van der Waals surface area contributed by atoms with Gasteiger partial charge in [0.25, 0.3) is 0 Å². The van der Waals surface area contributed by atoms with Crippen molar-refractivity contribution in [2.24, 2.45) is 13.0 Å². The fraction of sp³-hybridized carbons (Fsp3) is 0.263. The quantitative estimate of drug-likeness (QED) is 0.710. The van der Waals surface area contributed by atoms with Gasteiger partial charge in [0.2, 0.25) is 5.91 Å². The molecule has 130 valence electrons. The maximum Gasteiger partial charge on any atom is 0.228 e. The van der Waals surface area contributed by atoms with Crippen molar-refractivity contribution in [3.05, 3.63) is 42.0 Å². The highest BCUT2D eigenvalue weighted by Crippen LogP contribution is 2.31. The zero-order chi connectivity index (χ0) is 18.1. The lowest BCUT2D eigenvalue weighted by atomic mass is 10.1. The summed E-state index contributed by atoms with van der Waals surface area (Å²) in [6.45, 7) is 0. The number of amides is 1. The molecule has 0 aliphatic heterocycles. The minimum atomic E-state index is 0.0286. The smallest absolute Gasteiger partial charge is 0.228 e. The molecule has 1 amide bonds. The van der Waals surface area contributed by atoms with E-state index in [1.807, 2.05) is 32.4 Å². The Balaban J connectivity index is 1.75. The predicted octanol–water partition coefficient (Wildman–Crippen LogP) is 2.15. The summed E-state index contributed by atoms with van der Waals surface area (Å²) in [5.41, 5.74) is 1.45. The van der Waals surface area contributed by atoms with Gasteiger partial charge in [0.15, 0.2) is 0 Å². The van der Waals surface area contributed by atoms with E-state index in [0.717, 1.165) is 35.0 Å². The van der Waals surface area contributed by atoms with Gasteiger partial charge in [0.1, 0.15) is 17.3 Å². The maximum atomic E-state index is 12.0. The summed E-state index contributed by atoms with van der Waals surface area (Å²) >= 11 is 0. The van der Waals surface area contributed by atoms with Crippen molar-refractivity contribution in [3.8, 4) is 11.8 Å². The number of fused-ring (bicyclic) bond motifs is 1. The number of aryl methyl sites for hydroxylation is 1. The first-order valence-electron chi connectivity index (χ1n) is 8.43. The van der Waals surface area contributed by atoms with Gasteiger partial charge in [-0.05, 0) is 30.9 Å². The van der Waals surface area contributed by atoms with Crippen molar-refractivity contribution >= 4 is 28.3 Å². The zero-order valence-corrected chi connectivity index (χ0v) is 14.6. The van der Waals surface area contributed by atoms with Crippen LogP contribution in [-0.4, -0.2) is 32.7 Å². The fourth-order valence-electron chi connectivity index (χ4n) is 2.69. The number of nitrogens with one attached hydrogen (secondary N) is 2. The average molecular weight is 346 g/mol. The van der Waals surface area contributed by atoms with E-state index in [9.17, 15) is 4.79 Å². The van der Waals surface area contributed by atoms with Crippen molar-refractivity contribution in [3.63, 3.8) is 0 Å². The second kappa shape index (κ2) is 6.48. The number of nitrogens with zero attached hydrogens (tertiary/aromatic N) is 4. The first-order chi connectivity index (χ1) is 12.6. The third-order valence-electron chi connectivity index (χ3n) is 4.25. The van der Waals surface area contributed by atoms with E-state index in [-0.39, 0.29) is 11.8 Å². The van der Waals surface area contributed by atoms with E-state index < -0.39 is 0 Å². The molecular formula is C19H18N6O. The standard InChI is InChI=1S/C19H18N6O/c1-20-18-16-11-21-17(23-19(26)12-3-4-12)9-15(16)13(10-22-18)5-6-14-7-8-25(2)24-14/h7-12H,3-4H2,1-2H3,(H,20,22)(H,21,23,26). The Labute approximate surface area is 150 Å². The van der Waals surface area contributed by atoms with Gasteiger partial charge in [-0.15, -0.1) is 0 Å². The van der Waals surface area contributed by atoms with Gasteiger partial charge in [0, 0.05) is 49.4 Å². The van der Waals surface area contributed by atoms with Gasteiger partial charge in [-0.1, -0.05) is 5.92 Å². The van der Waals surface area contributed by atoms with E-state index >= 15 is 0 Å². The van der Waals surface area contributed by atoms with E-state index in [4.69, 9.17) is 0 Å². The topological polar surface area (TPSA) is 84.7 Å². The third kappa shape index (κ3) is 3.22. The Morgan fingerprint density at radius 2 is 2.08 bits per heavy atom. The van der Waals surface area contributed by atoms with Crippen molar-refractivity contribution in [2.45, 2.75) is 12.8 Å².